The Hall–Kier alpha value is -0.120. The van der Waals surface area contributed by atoms with Crippen LogP contribution in [0.2, 0.25) is 0 Å². The molecular formula is C7H16N3. The Kier molecular flexibility index (Phi) is 3.72. The monoisotopic (exact) mass is 142 g/mol. The molecule has 1 unspecified atom stereocenters. The van der Waals surface area contributed by atoms with Crippen LogP contribution in [0.1, 0.15) is 6.42 Å². The zero-order valence-electron chi connectivity index (χ0n) is 6.56. The minimum atomic E-state index is 0.626. The predicted octanol–water partition coefficient (Wildman–Crippen LogP) is -0.828. The van der Waals surface area contributed by atoms with E-state index in [1.165, 1.54) is 6.42 Å². The molecule has 0 aromatic heterocycles. The summed E-state index contributed by atoms with van der Waals surface area (Å²) >= 11 is 0. The van der Waals surface area contributed by atoms with E-state index in [-0.39, 0.29) is 0 Å². The largest absolute Gasteiger partial charge is 0.320 e. The standard InChI is InChI=1S/C7H16N3/c1-8-3-2-7-6-9-4-5-10-7/h7-8,10H,2-6H2,1H3. The Morgan fingerprint density at radius 3 is 3.20 bits per heavy atom. The van der Waals surface area contributed by atoms with Crippen molar-refractivity contribution >= 4 is 0 Å². The molecule has 1 radical (unpaired) electrons. The number of hydrogen-bond acceptors (Lipinski definition) is 2. The Balaban J connectivity index is 2.02. The second-order valence-corrected chi connectivity index (χ2v) is 2.67. The maximum Gasteiger partial charge on any atom is 0.0288 e. The van der Waals surface area contributed by atoms with Crippen LogP contribution in [0.3, 0.4) is 0 Å². The van der Waals surface area contributed by atoms with Gasteiger partial charge in [0.05, 0.1) is 0 Å². The fourth-order valence-corrected chi connectivity index (χ4v) is 1.17. The van der Waals surface area contributed by atoms with Gasteiger partial charge in [0.15, 0.2) is 0 Å². The van der Waals surface area contributed by atoms with Crippen molar-refractivity contribution in [1.82, 2.24) is 16.0 Å². The van der Waals surface area contributed by atoms with Crippen LogP contribution >= 0.6 is 0 Å². The molecule has 3 heteroatoms. The molecule has 3 nitrogen and oxygen atoms in total. The third-order valence-electron chi connectivity index (χ3n) is 1.80. The molecule has 0 aromatic carbocycles. The van der Waals surface area contributed by atoms with E-state index in [2.05, 4.69) is 16.0 Å². The van der Waals surface area contributed by atoms with Gasteiger partial charge in [-0.25, -0.2) is 5.32 Å². The van der Waals surface area contributed by atoms with Crippen molar-refractivity contribution in [1.29, 1.82) is 0 Å². The third-order valence-corrected chi connectivity index (χ3v) is 1.80. The van der Waals surface area contributed by atoms with Crippen molar-refractivity contribution in [3.8, 4) is 0 Å². The van der Waals surface area contributed by atoms with Gasteiger partial charge in [0, 0.05) is 25.7 Å². The highest BCUT2D eigenvalue weighted by atomic mass is 15.1. The molecule has 0 saturated carbocycles. The minimum absolute atomic E-state index is 0.626. The fourth-order valence-electron chi connectivity index (χ4n) is 1.17. The van der Waals surface area contributed by atoms with Crippen LogP contribution < -0.4 is 16.0 Å². The van der Waals surface area contributed by atoms with Crippen LogP contribution in [0.25, 0.3) is 0 Å². The molecule has 10 heavy (non-hydrogen) atoms. The summed E-state index contributed by atoms with van der Waals surface area (Å²) in [6.45, 7) is 4.15. The van der Waals surface area contributed by atoms with Gasteiger partial charge in [0.1, 0.15) is 0 Å². The molecule has 1 saturated heterocycles. The molecule has 1 fully saturated rings. The van der Waals surface area contributed by atoms with E-state index < -0.39 is 0 Å². The maximum atomic E-state index is 4.32. The molecule has 0 aromatic rings. The van der Waals surface area contributed by atoms with Gasteiger partial charge in [-0.15, -0.1) is 0 Å². The molecule has 1 aliphatic rings. The smallest absolute Gasteiger partial charge is 0.0288 e. The Labute approximate surface area is 62.6 Å². The van der Waals surface area contributed by atoms with Crippen molar-refractivity contribution < 1.29 is 0 Å². The molecule has 1 heterocycles. The molecule has 0 spiro atoms. The maximum absolute atomic E-state index is 4.32. The highest BCUT2D eigenvalue weighted by Gasteiger charge is 2.10. The van der Waals surface area contributed by atoms with Crippen LogP contribution in [-0.4, -0.2) is 39.3 Å². The van der Waals surface area contributed by atoms with Crippen molar-refractivity contribution in [3.63, 3.8) is 0 Å². The predicted molar refractivity (Wildman–Crippen MR) is 42.2 cm³/mol. The lowest BCUT2D eigenvalue weighted by Gasteiger charge is -2.22. The van der Waals surface area contributed by atoms with E-state index >= 15 is 0 Å². The van der Waals surface area contributed by atoms with Gasteiger partial charge >= 0.3 is 0 Å². The number of hydrogen-bond donors (Lipinski definition) is 2. The molecule has 1 aliphatic heterocycles. The summed E-state index contributed by atoms with van der Waals surface area (Å²) in [4.78, 5) is 0. The van der Waals surface area contributed by atoms with Crippen LogP contribution in [0, 0.1) is 0 Å². The van der Waals surface area contributed by atoms with Crippen LogP contribution in [0.15, 0.2) is 0 Å². The molecule has 0 bridgehead atoms. The fraction of sp³-hybridized carbons (Fsp3) is 1.00. The first-order chi connectivity index (χ1) is 4.93. The number of nitrogens with zero attached hydrogens (tertiary/aromatic N) is 1. The van der Waals surface area contributed by atoms with Gasteiger partial charge in [0.2, 0.25) is 0 Å². The SMILES string of the molecule is CNCCC1C[N]CCN1. The van der Waals surface area contributed by atoms with E-state index in [9.17, 15) is 0 Å². The molecule has 2 N–H and O–H groups in total. The van der Waals surface area contributed by atoms with Crippen LogP contribution in [0.4, 0.5) is 0 Å². The average molecular weight is 142 g/mol. The van der Waals surface area contributed by atoms with E-state index in [1.807, 2.05) is 7.05 Å². The van der Waals surface area contributed by atoms with Gasteiger partial charge in [-0.2, -0.15) is 0 Å². The van der Waals surface area contributed by atoms with E-state index in [4.69, 9.17) is 0 Å². The lowest BCUT2D eigenvalue weighted by atomic mass is 10.2. The lowest BCUT2D eigenvalue weighted by molar-refractivity contribution is 0.391. The summed E-state index contributed by atoms with van der Waals surface area (Å²) in [6.07, 6.45) is 1.19. The number of piperazine rings is 1. The van der Waals surface area contributed by atoms with Crippen molar-refractivity contribution in [2.75, 3.05) is 33.2 Å². The van der Waals surface area contributed by atoms with Crippen LogP contribution in [-0.2, 0) is 0 Å². The molecule has 0 aliphatic carbocycles. The van der Waals surface area contributed by atoms with Crippen molar-refractivity contribution in [2.24, 2.45) is 0 Å². The van der Waals surface area contributed by atoms with Gasteiger partial charge in [-0.1, -0.05) is 0 Å². The number of rotatable bonds is 3. The van der Waals surface area contributed by atoms with E-state index in [1.54, 1.807) is 0 Å². The molecule has 1 rings (SSSR count). The molecule has 59 valence electrons. The van der Waals surface area contributed by atoms with Gasteiger partial charge in [-0.05, 0) is 20.0 Å². The second-order valence-electron chi connectivity index (χ2n) is 2.67. The lowest BCUT2D eigenvalue weighted by Crippen LogP contribution is -2.46. The minimum Gasteiger partial charge on any atom is -0.320 e. The molecular weight excluding hydrogens is 126 g/mol. The first kappa shape index (κ1) is 7.98. The summed E-state index contributed by atoms with van der Waals surface area (Å²) in [5.41, 5.74) is 0. The highest BCUT2D eigenvalue weighted by Crippen LogP contribution is 1.92. The topological polar surface area (TPSA) is 38.2 Å². The zero-order chi connectivity index (χ0) is 7.23. The van der Waals surface area contributed by atoms with Gasteiger partial charge in [-0.3, -0.25) is 0 Å². The Morgan fingerprint density at radius 2 is 2.60 bits per heavy atom. The summed E-state index contributed by atoms with van der Waals surface area (Å²) < 4.78 is 0. The second kappa shape index (κ2) is 4.66. The zero-order valence-corrected chi connectivity index (χ0v) is 6.56. The number of nitrogens with one attached hydrogen (secondary N) is 2. The quantitative estimate of drug-likeness (QED) is 0.540. The van der Waals surface area contributed by atoms with Gasteiger partial charge in [0.25, 0.3) is 0 Å². The van der Waals surface area contributed by atoms with Crippen LogP contribution in [0.5, 0.6) is 0 Å². The highest BCUT2D eigenvalue weighted by molar-refractivity contribution is 4.74. The summed E-state index contributed by atoms with van der Waals surface area (Å²) in [7, 11) is 1.99. The van der Waals surface area contributed by atoms with E-state index in [0.29, 0.717) is 6.04 Å². The Morgan fingerprint density at radius 1 is 1.70 bits per heavy atom. The summed E-state index contributed by atoms with van der Waals surface area (Å²) in [5.74, 6) is 0. The molecule has 1 atom stereocenters. The Bertz CT molecular complexity index is 78.9. The normalized spacial score (nSPS) is 26.7. The average Bonchev–Trinajstić information content (AvgIpc) is 2.03. The van der Waals surface area contributed by atoms with Crippen molar-refractivity contribution in [3.05, 3.63) is 0 Å². The summed E-state index contributed by atoms with van der Waals surface area (Å²) in [5, 5.41) is 10.9. The molecule has 0 amide bonds. The first-order valence-corrected chi connectivity index (χ1v) is 3.94. The van der Waals surface area contributed by atoms with E-state index in [0.717, 1.165) is 26.2 Å². The van der Waals surface area contributed by atoms with Gasteiger partial charge < -0.3 is 10.6 Å². The summed E-state index contributed by atoms with van der Waals surface area (Å²) in [6, 6.07) is 0.626. The first-order valence-electron chi connectivity index (χ1n) is 3.94. The van der Waals surface area contributed by atoms with Crippen molar-refractivity contribution in [2.45, 2.75) is 12.5 Å². The third kappa shape index (κ3) is 2.64.